The molecule has 264 valence electrons. The monoisotopic (exact) mass is 702 g/mol. The number of anilines is 5. The molecule has 0 N–H and O–H groups in total. The van der Waals surface area contributed by atoms with Crippen LogP contribution in [0.5, 0.6) is 23.0 Å². The van der Waals surface area contributed by atoms with Gasteiger partial charge in [-0.1, -0.05) is 102 Å². The summed E-state index contributed by atoms with van der Waals surface area (Å²) in [4.78, 5) is 4.67. The standard InChI is InChI=1S/C50H42N2O2/c1-37-13-29-47(30-14-37)53-49-33-25-45(26-34-49)51(41-9-5-3-6-10-41)43-21-17-39(18-22-43)40-19-23-44(24-20-40)52(42-11-7-4-8-12-42)46-27-35-50(36-28-46)54-48-31-15-38(2)16-32-48/h3-23,25-36,44H,24H2,1-2H3. The van der Waals surface area contributed by atoms with Crippen LogP contribution >= 0.6 is 0 Å². The van der Waals surface area contributed by atoms with E-state index in [1.54, 1.807) is 0 Å². The van der Waals surface area contributed by atoms with E-state index in [0.717, 1.165) is 57.9 Å². The molecule has 54 heavy (non-hydrogen) atoms. The van der Waals surface area contributed by atoms with Gasteiger partial charge in [-0.2, -0.15) is 0 Å². The summed E-state index contributed by atoms with van der Waals surface area (Å²) < 4.78 is 12.3. The molecule has 1 unspecified atom stereocenters. The van der Waals surface area contributed by atoms with Crippen LogP contribution < -0.4 is 19.3 Å². The van der Waals surface area contributed by atoms with E-state index in [-0.39, 0.29) is 6.04 Å². The van der Waals surface area contributed by atoms with Gasteiger partial charge in [-0.3, -0.25) is 0 Å². The molecule has 0 aliphatic heterocycles. The van der Waals surface area contributed by atoms with Crippen molar-refractivity contribution in [1.29, 1.82) is 0 Å². The van der Waals surface area contributed by atoms with Gasteiger partial charge in [0.05, 0.1) is 6.04 Å². The van der Waals surface area contributed by atoms with Crippen molar-refractivity contribution in [2.75, 3.05) is 9.80 Å². The van der Waals surface area contributed by atoms with Crippen molar-refractivity contribution in [2.45, 2.75) is 26.3 Å². The Labute approximate surface area is 318 Å². The van der Waals surface area contributed by atoms with Crippen LogP contribution in [0.2, 0.25) is 0 Å². The largest absolute Gasteiger partial charge is 0.457 e. The molecule has 4 heteroatoms. The quantitative estimate of drug-likeness (QED) is 0.134. The minimum atomic E-state index is 0.158. The third-order valence-corrected chi connectivity index (χ3v) is 9.64. The van der Waals surface area contributed by atoms with Gasteiger partial charge in [0.25, 0.3) is 0 Å². The first-order valence-electron chi connectivity index (χ1n) is 18.4. The topological polar surface area (TPSA) is 24.9 Å². The summed E-state index contributed by atoms with van der Waals surface area (Å²) in [6.07, 6.45) is 7.81. The number of para-hydroxylation sites is 2. The molecule has 0 amide bonds. The molecule has 1 aliphatic rings. The number of allylic oxidation sites excluding steroid dienone is 2. The van der Waals surface area contributed by atoms with Gasteiger partial charge in [0.2, 0.25) is 0 Å². The maximum Gasteiger partial charge on any atom is 0.127 e. The van der Waals surface area contributed by atoms with Crippen LogP contribution in [0.25, 0.3) is 5.57 Å². The third kappa shape index (κ3) is 7.99. The highest BCUT2D eigenvalue weighted by Gasteiger charge is 2.21. The lowest BCUT2D eigenvalue weighted by atomic mass is 9.95. The third-order valence-electron chi connectivity index (χ3n) is 9.64. The zero-order valence-corrected chi connectivity index (χ0v) is 30.5. The molecule has 0 saturated carbocycles. The molecule has 0 heterocycles. The Balaban J connectivity index is 0.997. The molecule has 7 aromatic rings. The van der Waals surface area contributed by atoms with Crippen LogP contribution in [-0.2, 0) is 0 Å². The number of hydrogen-bond donors (Lipinski definition) is 0. The van der Waals surface area contributed by atoms with Crippen LogP contribution in [0.4, 0.5) is 28.4 Å². The van der Waals surface area contributed by atoms with Gasteiger partial charge in [0.1, 0.15) is 23.0 Å². The average molecular weight is 703 g/mol. The highest BCUT2D eigenvalue weighted by molar-refractivity contribution is 5.81. The van der Waals surface area contributed by atoms with Gasteiger partial charge in [-0.15, -0.1) is 0 Å². The first kappa shape index (κ1) is 34.3. The minimum Gasteiger partial charge on any atom is -0.457 e. The maximum absolute atomic E-state index is 6.13. The molecule has 1 atom stereocenters. The van der Waals surface area contributed by atoms with Crippen molar-refractivity contribution in [1.82, 2.24) is 0 Å². The Morgan fingerprint density at radius 2 is 0.815 bits per heavy atom. The molecule has 4 nitrogen and oxygen atoms in total. The van der Waals surface area contributed by atoms with E-state index in [0.29, 0.717) is 0 Å². The van der Waals surface area contributed by atoms with Crippen LogP contribution in [0.3, 0.4) is 0 Å². The molecule has 1 aliphatic carbocycles. The SMILES string of the molecule is Cc1ccc(Oc2ccc(N(c3ccccc3)c3ccc(C4=CCC(N(c5ccccc5)c5ccc(Oc6ccc(C)cc6)cc5)C=C4)cc3)cc2)cc1. The Bertz CT molecular complexity index is 2330. The predicted molar refractivity (Wildman–Crippen MR) is 224 cm³/mol. The molecule has 0 saturated heterocycles. The van der Waals surface area contributed by atoms with Crippen LogP contribution in [0.15, 0.2) is 200 Å². The Hall–Kier alpha value is -6.78. The van der Waals surface area contributed by atoms with Crippen LogP contribution in [0.1, 0.15) is 23.1 Å². The van der Waals surface area contributed by atoms with Crippen molar-refractivity contribution in [2.24, 2.45) is 0 Å². The van der Waals surface area contributed by atoms with Gasteiger partial charge >= 0.3 is 0 Å². The van der Waals surface area contributed by atoms with E-state index in [1.165, 1.54) is 22.3 Å². The van der Waals surface area contributed by atoms with Gasteiger partial charge in [0, 0.05) is 28.4 Å². The fourth-order valence-corrected chi connectivity index (χ4v) is 6.79. The average Bonchev–Trinajstić information content (AvgIpc) is 3.22. The first-order valence-corrected chi connectivity index (χ1v) is 18.4. The number of nitrogens with zero attached hydrogens (tertiary/aromatic N) is 2. The molecule has 0 aromatic heterocycles. The maximum atomic E-state index is 6.13. The second-order valence-electron chi connectivity index (χ2n) is 13.6. The van der Waals surface area contributed by atoms with Crippen molar-refractivity contribution in [3.63, 3.8) is 0 Å². The molecule has 0 fully saturated rings. The molecule has 0 radical (unpaired) electrons. The number of rotatable bonds is 11. The van der Waals surface area contributed by atoms with Gasteiger partial charge in [0.15, 0.2) is 0 Å². The molecule has 0 spiro atoms. The van der Waals surface area contributed by atoms with E-state index in [9.17, 15) is 0 Å². The predicted octanol–water partition coefficient (Wildman–Crippen LogP) is 13.9. The molecular weight excluding hydrogens is 661 g/mol. The summed E-state index contributed by atoms with van der Waals surface area (Å²) >= 11 is 0. The number of ether oxygens (including phenoxy) is 2. The normalized spacial score (nSPS) is 13.5. The number of hydrogen-bond acceptors (Lipinski definition) is 4. The van der Waals surface area contributed by atoms with E-state index < -0.39 is 0 Å². The fraction of sp³-hybridized carbons (Fsp3) is 0.0800. The fourth-order valence-electron chi connectivity index (χ4n) is 6.79. The summed E-state index contributed by atoms with van der Waals surface area (Å²) in [7, 11) is 0. The second-order valence-corrected chi connectivity index (χ2v) is 13.6. The summed E-state index contributed by atoms with van der Waals surface area (Å²) in [5.74, 6) is 3.28. The minimum absolute atomic E-state index is 0.158. The van der Waals surface area contributed by atoms with Crippen molar-refractivity contribution in [3.05, 3.63) is 217 Å². The van der Waals surface area contributed by atoms with E-state index in [2.05, 4.69) is 169 Å². The van der Waals surface area contributed by atoms with Crippen LogP contribution in [0, 0.1) is 13.8 Å². The van der Waals surface area contributed by atoms with E-state index in [1.807, 2.05) is 54.6 Å². The summed E-state index contributed by atoms with van der Waals surface area (Å²) in [5.41, 5.74) is 10.3. The molecule has 8 rings (SSSR count). The van der Waals surface area contributed by atoms with Gasteiger partial charge < -0.3 is 19.3 Å². The molecule has 0 bridgehead atoms. The Kier molecular flexibility index (Phi) is 10.1. The Morgan fingerprint density at radius 3 is 1.28 bits per heavy atom. The van der Waals surface area contributed by atoms with Crippen molar-refractivity contribution < 1.29 is 9.47 Å². The first-order chi connectivity index (χ1) is 26.6. The second kappa shape index (κ2) is 15.9. The summed E-state index contributed by atoms with van der Waals surface area (Å²) in [6, 6.07) is 63.0. The van der Waals surface area contributed by atoms with Gasteiger partial charge in [-0.25, -0.2) is 0 Å². The van der Waals surface area contributed by atoms with E-state index in [4.69, 9.17) is 9.47 Å². The van der Waals surface area contributed by atoms with Crippen molar-refractivity contribution in [3.8, 4) is 23.0 Å². The summed E-state index contributed by atoms with van der Waals surface area (Å²) in [5, 5.41) is 0. The van der Waals surface area contributed by atoms with Gasteiger partial charge in [-0.05, 0) is 141 Å². The molecular formula is C50H42N2O2. The smallest absolute Gasteiger partial charge is 0.127 e. The summed E-state index contributed by atoms with van der Waals surface area (Å²) in [6.45, 7) is 4.16. The molecule has 7 aromatic carbocycles. The Morgan fingerprint density at radius 1 is 0.426 bits per heavy atom. The zero-order chi connectivity index (χ0) is 36.7. The lowest BCUT2D eigenvalue weighted by Crippen LogP contribution is -2.30. The lowest BCUT2D eigenvalue weighted by Gasteiger charge is -2.33. The number of aryl methyl sites for hydroxylation is 2. The van der Waals surface area contributed by atoms with Crippen LogP contribution in [-0.4, -0.2) is 6.04 Å². The van der Waals surface area contributed by atoms with E-state index >= 15 is 0 Å². The van der Waals surface area contributed by atoms with Crippen molar-refractivity contribution >= 4 is 34.0 Å². The highest BCUT2D eigenvalue weighted by atomic mass is 16.5. The number of benzene rings is 7. The lowest BCUT2D eigenvalue weighted by molar-refractivity contribution is 0.482. The highest BCUT2D eigenvalue weighted by Crippen LogP contribution is 2.38. The zero-order valence-electron chi connectivity index (χ0n) is 30.5.